The lowest BCUT2D eigenvalue weighted by Gasteiger charge is -2.13. The summed E-state index contributed by atoms with van der Waals surface area (Å²) in [5.74, 6) is 0. The van der Waals surface area contributed by atoms with Crippen molar-refractivity contribution < 1.29 is 8.42 Å². The third-order valence-corrected chi connectivity index (χ3v) is 6.03. The van der Waals surface area contributed by atoms with Crippen molar-refractivity contribution in [1.82, 2.24) is 4.72 Å². The smallest absolute Gasteiger partial charge is 0.206 e. The van der Waals surface area contributed by atoms with Crippen LogP contribution < -0.4 is 4.72 Å². The molecule has 2 aromatic rings. The van der Waals surface area contributed by atoms with Crippen LogP contribution in [0.2, 0.25) is 9.36 Å². The van der Waals surface area contributed by atoms with Gasteiger partial charge in [0.15, 0.2) is 0 Å². The summed E-state index contributed by atoms with van der Waals surface area (Å²) in [6, 6.07) is 9.74. The number of benzene rings is 1. The summed E-state index contributed by atoms with van der Waals surface area (Å²) in [6.45, 7) is 1.77. The first-order chi connectivity index (χ1) is 8.88. The van der Waals surface area contributed by atoms with Crippen LogP contribution in [-0.4, -0.2) is 8.42 Å². The highest BCUT2D eigenvalue weighted by molar-refractivity contribution is 7.91. The second kappa shape index (κ2) is 5.81. The molecule has 0 fully saturated rings. The average molecular weight is 336 g/mol. The van der Waals surface area contributed by atoms with E-state index in [9.17, 15) is 8.42 Å². The first-order valence-corrected chi connectivity index (χ1v) is 8.47. The van der Waals surface area contributed by atoms with Gasteiger partial charge in [0.1, 0.15) is 4.21 Å². The van der Waals surface area contributed by atoms with Gasteiger partial charge >= 0.3 is 0 Å². The van der Waals surface area contributed by atoms with Crippen LogP contribution in [0.15, 0.2) is 40.6 Å². The minimum absolute atomic E-state index is 0.207. The van der Waals surface area contributed by atoms with E-state index in [4.69, 9.17) is 23.2 Å². The van der Waals surface area contributed by atoms with Crippen LogP contribution in [0.25, 0.3) is 0 Å². The molecule has 102 valence electrons. The summed E-state index contributed by atoms with van der Waals surface area (Å²) >= 11 is 12.6. The van der Waals surface area contributed by atoms with Crippen LogP contribution in [0, 0.1) is 0 Å². The van der Waals surface area contributed by atoms with E-state index >= 15 is 0 Å². The third kappa shape index (κ3) is 3.70. The van der Waals surface area contributed by atoms with Crippen LogP contribution in [0.1, 0.15) is 18.5 Å². The highest BCUT2D eigenvalue weighted by Gasteiger charge is 2.20. The molecule has 0 saturated carbocycles. The highest BCUT2D eigenvalue weighted by Crippen LogP contribution is 2.27. The second-order valence-corrected chi connectivity index (χ2v) is 8.05. The van der Waals surface area contributed by atoms with Crippen LogP contribution in [-0.2, 0) is 10.0 Å². The van der Waals surface area contributed by atoms with Gasteiger partial charge in [-0.25, -0.2) is 13.1 Å². The molecule has 7 heteroatoms. The van der Waals surface area contributed by atoms with Crippen molar-refractivity contribution in [3.8, 4) is 0 Å². The first kappa shape index (κ1) is 14.8. The molecular formula is C12H11Cl2NO2S2. The largest absolute Gasteiger partial charge is 0.250 e. The van der Waals surface area contributed by atoms with Crippen LogP contribution in [0.5, 0.6) is 0 Å². The van der Waals surface area contributed by atoms with E-state index in [1.165, 1.54) is 6.07 Å². The maximum atomic E-state index is 12.1. The Morgan fingerprint density at radius 1 is 1.11 bits per heavy atom. The van der Waals surface area contributed by atoms with Gasteiger partial charge in [-0.05, 0) is 36.8 Å². The zero-order chi connectivity index (χ0) is 14.0. The molecule has 19 heavy (non-hydrogen) atoms. The number of nitrogens with one attached hydrogen (secondary N) is 1. The lowest BCUT2D eigenvalue weighted by Crippen LogP contribution is -2.26. The number of hydrogen-bond acceptors (Lipinski definition) is 3. The minimum atomic E-state index is -3.55. The van der Waals surface area contributed by atoms with E-state index in [2.05, 4.69) is 4.72 Å². The predicted molar refractivity (Wildman–Crippen MR) is 79.5 cm³/mol. The summed E-state index contributed by atoms with van der Waals surface area (Å²) in [5, 5.41) is 0.615. The zero-order valence-electron chi connectivity index (χ0n) is 9.93. The number of thiophene rings is 1. The van der Waals surface area contributed by atoms with Gasteiger partial charge < -0.3 is 0 Å². The van der Waals surface area contributed by atoms with Gasteiger partial charge in [-0.15, -0.1) is 11.3 Å². The van der Waals surface area contributed by atoms with Crippen molar-refractivity contribution in [3.63, 3.8) is 0 Å². The molecule has 0 radical (unpaired) electrons. The van der Waals surface area contributed by atoms with Crippen LogP contribution in [0.4, 0.5) is 0 Å². The Morgan fingerprint density at radius 2 is 1.74 bits per heavy atom. The molecule has 1 heterocycles. The quantitative estimate of drug-likeness (QED) is 0.914. The summed E-state index contributed by atoms with van der Waals surface area (Å²) in [6.07, 6.45) is 0. The normalized spacial score (nSPS) is 13.4. The van der Waals surface area contributed by atoms with Gasteiger partial charge in [0.2, 0.25) is 0 Å². The van der Waals surface area contributed by atoms with Gasteiger partial charge in [-0.2, -0.15) is 0 Å². The minimum Gasteiger partial charge on any atom is -0.206 e. The molecule has 1 atom stereocenters. The lowest BCUT2D eigenvalue weighted by atomic mass is 10.1. The molecule has 3 nitrogen and oxygen atoms in total. The standard InChI is InChI=1S/C12H11Cl2NO2S2/c1-8(9-2-4-10(13)5-3-9)15-19(16,17)12-7-6-11(14)18-12/h2-8,15H,1H3. The number of rotatable bonds is 4. The van der Waals surface area contributed by atoms with E-state index in [-0.39, 0.29) is 10.3 Å². The maximum absolute atomic E-state index is 12.1. The molecular weight excluding hydrogens is 325 g/mol. The number of sulfonamides is 1. The van der Waals surface area contributed by atoms with Gasteiger partial charge in [0, 0.05) is 11.1 Å². The Labute approximate surface area is 126 Å². The molecule has 0 bridgehead atoms. The molecule has 0 saturated heterocycles. The van der Waals surface area contributed by atoms with Gasteiger partial charge in [0.25, 0.3) is 10.0 Å². The Hall–Kier alpha value is -0.590. The van der Waals surface area contributed by atoms with Crippen molar-refractivity contribution in [3.05, 3.63) is 51.3 Å². The molecule has 1 aromatic heterocycles. The fraction of sp³-hybridized carbons (Fsp3) is 0.167. The lowest BCUT2D eigenvalue weighted by molar-refractivity contribution is 0.569. The van der Waals surface area contributed by atoms with E-state index in [1.54, 1.807) is 37.3 Å². The summed E-state index contributed by atoms with van der Waals surface area (Å²) < 4.78 is 27.5. The predicted octanol–water partition coefficient (Wildman–Crippen LogP) is 4.09. The van der Waals surface area contributed by atoms with E-state index in [0.29, 0.717) is 9.36 Å². The van der Waals surface area contributed by atoms with Crippen LogP contribution >= 0.6 is 34.5 Å². The molecule has 2 rings (SSSR count). The van der Waals surface area contributed by atoms with E-state index in [0.717, 1.165) is 16.9 Å². The summed E-state index contributed by atoms with van der Waals surface area (Å²) in [5.41, 5.74) is 0.843. The number of hydrogen-bond donors (Lipinski definition) is 1. The Bertz CT molecular complexity index is 665. The maximum Gasteiger partial charge on any atom is 0.250 e. The second-order valence-electron chi connectivity index (χ2n) is 3.95. The summed E-state index contributed by atoms with van der Waals surface area (Å²) in [7, 11) is -3.55. The average Bonchev–Trinajstić information content (AvgIpc) is 2.77. The molecule has 1 N–H and O–H groups in total. The van der Waals surface area contributed by atoms with Gasteiger partial charge in [-0.1, -0.05) is 35.3 Å². The Kier molecular flexibility index (Phi) is 4.53. The molecule has 0 aliphatic rings. The van der Waals surface area contributed by atoms with Crippen molar-refractivity contribution >= 4 is 44.6 Å². The SMILES string of the molecule is CC(NS(=O)(=O)c1ccc(Cl)s1)c1ccc(Cl)cc1. The summed E-state index contributed by atoms with van der Waals surface area (Å²) in [4.78, 5) is 0. The zero-order valence-corrected chi connectivity index (χ0v) is 13.1. The fourth-order valence-electron chi connectivity index (χ4n) is 1.55. The van der Waals surface area contributed by atoms with Crippen molar-refractivity contribution in [2.45, 2.75) is 17.2 Å². The highest BCUT2D eigenvalue weighted by atomic mass is 35.5. The fourth-order valence-corrected chi connectivity index (χ4v) is 4.41. The first-order valence-electron chi connectivity index (χ1n) is 5.41. The van der Waals surface area contributed by atoms with Gasteiger partial charge in [-0.3, -0.25) is 0 Å². The molecule has 0 aliphatic heterocycles. The molecule has 1 aromatic carbocycles. The topological polar surface area (TPSA) is 46.2 Å². The van der Waals surface area contributed by atoms with Crippen LogP contribution in [0.3, 0.4) is 0 Å². The van der Waals surface area contributed by atoms with Crippen molar-refractivity contribution in [1.29, 1.82) is 0 Å². The van der Waals surface area contributed by atoms with E-state index in [1.807, 2.05) is 0 Å². The monoisotopic (exact) mass is 335 g/mol. The number of halogens is 2. The molecule has 0 spiro atoms. The van der Waals surface area contributed by atoms with Crippen molar-refractivity contribution in [2.75, 3.05) is 0 Å². The molecule has 0 aliphatic carbocycles. The molecule has 0 amide bonds. The Morgan fingerprint density at radius 3 is 2.26 bits per heavy atom. The third-order valence-electron chi connectivity index (χ3n) is 2.52. The molecule has 1 unspecified atom stereocenters. The Balaban J connectivity index is 2.18. The van der Waals surface area contributed by atoms with Gasteiger partial charge in [0.05, 0.1) is 4.34 Å². The van der Waals surface area contributed by atoms with E-state index < -0.39 is 10.0 Å². The van der Waals surface area contributed by atoms with Crippen molar-refractivity contribution in [2.24, 2.45) is 0 Å².